The Morgan fingerprint density at radius 1 is 1.50 bits per heavy atom. The smallest absolute Gasteiger partial charge is 0.0616 e. The van der Waals surface area contributed by atoms with Gasteiger partial charge in [0.1, 0.15) is 0 Å². The highest BCUT2D eigenvalue weighted by molar-refractivity contribution is 7.99. The lowest BCUT2D eigenvalue weighted by Gasteiger charge is -2.23. The van der Waals surface area contributed by atoms with Gasteiger partial charge in [-0.3, -0.25) is 0 Å². The van der Waals surface area contributed by atoms with E-state index < -0.39 is 0 Å². The highest BCUT2D eigenvalue weighted by Crippen LogP contribution is 2.24. The van der Waals surface area contributed by atoms with Crippen LogP contribution in [-0.2, 0) is 4.74 Å². The van der Waals surface area contributed by atoms with Crippen molar-refractivity contribution in [3.63, 3.8) is 0 Å². The SMILES string of the molecule is CCOCC(C)NCC1CCCCS1. The molecule has 84 valence electrons. The van der Waals surface area contributed by atoms with Crippen molar-refractivity contribution < 1.29 is 4.74 Å². The molecule has 3 heteroatoms. The molecule has 0 aromatic carbocycles. The Morgan fingerprint density at radius 2 is 2.36 bits per heavy atom. The molecule has 1 rings (SSSR count). The Bertz CT molecular complexity index is 137. The molecule has 0 aliphatic carbocycles. The van der Waals surface area contributed by atoms with Gasteiger partial charge in [0.05, 0.1) is 6.61 Å². The average molecular weight is 217 g/mol. The molecule has 2 nitrogen and oxygen atoms in total. The molecule has 0 amide bonds. The van der Waals surface area contributed by atoms with Crippen LogP contribution in [0.4, 0.5) is 0 Å². The highest BCUT2D eigenvalue weighted by atomic mass is 32.2. The van der Waals surface area contributed by atoms with Gasteiger partial charge in [-0.15, -0.1) is 0 Å². The summed E-state index contributed by atoms with van der Waals surface area (Å²) in [7, 11) is 0. The van der Waals surface area contributed by atoms with E-state index in [0.717, 1.165) is 25.0 Å². The van der Waals surface area contributed by atoms with Crippen molar-refractivity contribution in [1.29, 1.82) is 0 Å². The van der Waals surface area contributed by atoms with Crippen LogP contribution in [0.15, 0.2) is 0 Å². The molecular weight excluding hydrogens is 194 g/mol. The van der Waals surface area contributed by atoms with Crippen molar-refractivity contribution in [1.82, 2.24) is 5.32 Å². The molecule has 0 aromatic rings. The number of rotatable bonds is 6. The van der Waals surface area contributed by atoms with Crippen molar-refractivity contribution in [2.75, 3.05) is 25.5 Å². The second-order valence-electron chi connectivity index (χ2n) is 3.96. The third-order valence-electron chi connectivity index (χ3n) is 2.54. The van der Waals surface area contributed by atoms with Gasteiger partial charge in [0.15, 0.2) is 0 Å². The first-order chi connectivity index (χ1) is 6.83. The van der Waals surface area contributed by atoms with E-state index in [2.05, 4.69) is 24.0 Å². The predicted molar refractivity (Wildman–Crippen MR) is 64.1 cm³/mol. The van der Waals surface area contributed by atoms with E-state index in [4.69, 9.17) is 4.74 Å². The first-order valence-electron chi connectivity index (χ1n) is 5.75. The second-order valence-corrected chi connectivity index (χ2v) is 5.37. The van der Waals surface area contributed by atoms with Crippen LogP contribution in [0.2, 0.25) is 0 Å². The standard InChI is InChI=1S/C11H23NOS/c1-3-13-9-10(2)12-8-11-6-4-5-7-14-11/h10-12H,3-9H2,1-2H3. The summed E-state index contributed by atoms with van der Waals surface area (Å²) in [6.07, 6.45) is 4.22. The summed E-state index contributed by atoms with van der Waals surface area (Å²) in [5.41, 5.74) is 0. The average Bonchev–Trinajstić information content (AvgIpc) is 2.25. The molecule has 0 bridgehead atoms. The van der Waals surface area contributed by atoms with E-state index >= 15 is 0 Å². The zero-order valence-electron chi connectivity index (χ0n) is 9.42. The summed E-state index contributed by atoms with van der Waals surface area (Å²) in [6.45, 7) is 7.06. The maximum absolute atomic E-state index is 5.37. The number of thioether (sulfide) groups is 1. The van der Waals surface area contributed by atoms with Crippen molar-refractivity contribution in [3.8, 4) is 0 Å². The largest absolute Gasteiger partial charge is 0.380 e. The summed E-state index contributed by atoms with van der Waals surface area (Å²) in [5, 5.41) is 4.38. The molecule has 1 N–H and O–H groups in total. The fourth-order valence-electron chi connectivity index (χ4n) is 1.65. The Morgan fingerprint density at radius 3 is 3.00 bits per heavy atom. The van der Waals surface area contributed by atoms with Gasteiger partial charge in [-0.05, 0) is 32.4 Å². The minimum Gasteiger partial charge on any atom is -0.380 e. The normalized spacial score (nSPS) is 24.9. The van der Waals surface area contributed by atoms with Crippen molar-refractivity contribution in [2.24, 2.45) is 0 Å². The second kappa shape index (κ2) is 7.55. The van der Waals surface area contributed by atoms with E-state index in [1.807, 2.05) is 6.92 Å². The molecule has 0 saturated carbocycles. The summed E-state index contributed by atoms with van der Waals surface area (Å²) in [6, 6.07) is 0.498. The maximum Gasteiger partial charge on any atom is 0.0616 e. The lowest BCUT2D eigenvalue weighted by Crippen LogP contribution is -2.36. The predicted octanol–water partition coefficient (Wildman–Crippen LogP) is 2.29. The Labute approximate surface area is 92.2 Å². The van der Waals surface area contributed by atoms with E-state index in [1.165, 1.54) is 25.0 Å². The quantitative estimate of drug-likeness (QED) is 0.737. The van der Waals surface area contributed by atoms with Gasteiger partial charge >= 0.3 is 0 Å². The number of ether oxygens (including phenoxy) is 1. The van der Waals surface area contributed by atoms with E-state index in [1.54, 1.807) is 0 Å². The fourth-order valence-corrected chi connectivity index (χ4v) is 2.91. The van der Waals surface area contributed by atoms with Gasteiger partial charge in [0.2, 0.25) is 0 Å². The summed E-state index contributed by atoms with van der Waals surface area (Å²) < 4.78 is 5.37. The van der Waals surface area contributed by atoms with Gasteiger partial charge in [-0.1, -0.05) is 6.42 Å². The molecular formula is C11H23NOS. The molecule has 2 atom stereocenters. The highest BCUT2D eigenvalue weighted by Gasteiger charge is 2.14. The van der Waals surface area contributed by atoms with Gasteiger partial charge in [-0.2, -0.15) is 11.8 Å². The molecule has 1 heterocycles. The molecule has 0 radical (unpaired) electrons. The first-order valence-corrected chi connectivity index (χ1v) is 6.80. The third-order valence-corrected chi connectivity index (χ3v) is 3.94. The Balaban J connectivity index is 2.00. The van der Waals surface area contributed by atoms with Crippen LogP contribution < -0.4 is 5.32 Å². The van der Waals surface area contributed by atoms with Crippen LogP contribution >= 0.6 is 11.8 Å². The van der Waals surface area contributed by atoms with Crippen molar-refractivity contribution in [2.45, 2.75) is 44.4 Å². The molecule has 2 unspecified atom stereocenters. The molecule has 1 fully saturated rings. The topological polar surface area (TPSA) is 21.3 Å². The molecule has 0 spiro atoms. The van der Waals surface area contributed by atoms with Crippen LogP contribution in [0.3, 0.4) is 0 Å². The van der Waals surface area contributed by atoms with Gasteiger partial charge in [-0.25, -0.2) is 0 Å². The fraction of sp³-hybridized carbons (Fsp3) is 1.00. The van der Waals surface area contributed by atoms with Crippen molar-refractivity contribution >= 4 is 11.8 Å². The lowest BCUT2D eigenvalue weighted by atomic mass is 10.2. The van der Waals surface area contributed by atoms with Gasteiger partial charge in [0, 0.05) is 24.4 Å². The van der Waals surface area contributed by atoms with Crippen LogP contribution in [0.5, 0.6) is 0 Å². The summed E-state index contributed by atoms with van der Waals surface area (Å²) >= 11 is 2.13. The number of hydrogen-bond donors (Lipinski definition) is 1. The maximum atomic E-state index is 5.37. The summed E-state index contributed by atoms with van der Waals surface area (Å²) in [4.78, 5) is 0. The van der Waals surface area contributed by atoms with Crippen LogP contribution in [0.25, 0.3) is 0 Å². The van der Waals surface area contributed by atoms with Crippen LogP contribution in [0.1, 0.15) is 33.1 Å². The zero-order valence-corrected chi connectivity index (χ0v) is 10.2. The van der Waals surface area contributed by atoms with Crippen LogP contribution in [0, 0.1) is 0 Å². The number of nitrogens with one attached hydrogen (secondary N) is 1. The molecule has 1 aliphatic heterocycles. The molecule has 0 aromatic heterocycles. The van der Waals surface area contributed by atoms with E-state index in [0.29, 0.717) is 6.04 Å². The Hall–Kier alpha value is 0.270. The first kappa shape index (κ1) is 12.3. The van der Waals surface area contributed by atoms with Gasteiger partial charge < -0.3 is 10.1 Å². The molecule has 14 heavy (non-hydrogen) atoms. The minimum absolute atomic E-state index is 0.498. The van der Waals surface area contributed by atoms with Crippen LogP contribution in [-0.4, -0.2) is 36.8 Å². The zero-order chi connectivity index (χ0) is 10.2. The van der Waals surface area contributed by atoms with E-state index in [-0.39, 0.29) is 0 Å². The van der Waals surface area contributed by atoms with E-state index in [9.17, 15) is 0 Å². The molecule has 1 saturated heterocycles. The third kappa shape index (κ3) is 5.23. The number of hydrogen-bond acceptors (Lipinski definition) is 3. The minimum atomic E-state index is 0.498. The van der Waals surface area contributed by atoms with Gasteiger partial charge in [0.25, 0.3) is 0 Å². The monoisotopic (exact) mass is 217 g/mol. The summed E-state index contributed by atoms with van der Waals surface area (Å²) in [5.74, 6) is 1.35. The Kier molecular flexibility index (Phi) is 6.65. The molecule has 1 aliphatic rings. The lowest BCUT2D eigenvalue weighted by molar-refractivity contribution is 0.127. The van der Waals surface area contributed by atoms with Crippen molar-refractivity contribution in [3.05, 3.63) is 0 Å².